The van der Waals surface area contributed by atoms with Crippen molar-refractivity contribution in [2.75, 3.05) is 59.4 Å². The van der Waals surface area contributed by atoms with Gasteiger partial charge in [-0.25, -0.2) is 4.99 Å². The smallest absolute Gasteiger partial charge is 0.247 e. The number of nitrogens with one attached hydrogen (secondary N) is 1. The van der Waals surface area contributed by atoms with Crippen LogP contribution in [0.15, 0.2) is 57.5 Å². The summed E-state index contributed by atoms with van der Waals surface area (Å²) in [5.41, 5.74) is 6.77. The van der Waals surface area contributed by atoms with Gasteiger partial charge in [-0.05, 0) is 86.5 Å². The number of anilines is 2. The van der Waals surface area contributed by atoms with Crippen LogP contribution in [-0.2, 0) is 20.8 Å². The van der Waals surface area contributed by atoms with E-state index in [9.17, 15) is 19.5 Å². The molecule has 0 spiro atoms. The minimum absolute atomic E-state index is 0.0899. The fourth-order valence-corrected chi connectivity index (χ4v) is 11.0. The van der Waals surface area contributed by atoms with Crippen molar-refractivity contribution < 1.29 is 19.5 Å². The van der Waals surface area contributed by atoms with Crippen LogP contribution in [0.1, 0.15) is 174 Å². The lowest BCUT2D eigenvalue weighted by atomic mass is 9.77. The second-order valence-electron chi connectivity index (χ2n) is 17.5. The lowest BCUT2D eigenvalue weighted by molar-refractivity contribution is -0.117. The minimum atomic E-state index is -0.287. The molecule has 0 atom stereocenters. The molecule has 4 aliphatic rings. The summed E-state index contributed by atoms with van der Waals surface area (Å²) < 4.78 is 0. The molecule has 2 N–H and O–H groups in total. The van der Waals surface area contributed by atoms with E-state index in [-0.39, 0.29) is 34.5 Å². The van der Waals surface area contributed by atoms with Crippen molar-refractivity contribution in [3.8, 4) is 0 Å². The van der Waals surface area contributed by atoms with Crippen molar-refractivity contribution in [3.05, 3.63) is 63.6 Å². The van der Waals surface area contributed by atoms with Crippen LogP contribution in [0.25, 0.3) is 5.57 Å². The molecule has 0 radical (unpaired) electrons. The summed E-state index contributed by atoms with van der Waals surface area (Å²) in [5.74, 6) is 2.88. The largest absolute Gasteiger partial charge is 0.506 e. The Bertz CT molecular complexity index is 1830. The number of hydrogen-bond donors (Lipinski definition) is 2. The van der Waals surface area contributed by atoms with Gasteiger partial charge in [0.25, 0.3) is 0 Å². The van der Waals surface area contributed by atoms with Gasteiger partial charge in [-0.1, -0.05) is 117 Å². The van der Waals surface area contributed by atoms with Crippen LogP contribution in [-0.4, -0.2) is 82.5 Å². The van der Waals surface area contributed by atoms with Crippen molar-refractivity contribution >= 4 is 63.8 Å². The average Bonchev–Trinajstić information content (AvgIpc) is 3.87. The second-order valence-corrected chi connectivity index (χ2v) is 20.0. The number of amides is 2. The molecule has 10 heteroatoms. The molecule has 0 bridgehead atoms. The van der Waals surface area contributed by atoms with Gasteiger partial charge in [0.1, 0.15) is 5.76 Å². The van der Waals surface area contributed by atoms with E-state index in [2.05, 4.69) is 47.8 Å². The van der Waals surface area contributed by atoms with Gasteiger partial charge in [-0.15, -0.1) is 0 Å². The summed E-state index contributed by atoms with van der Waals surface area (Å²) >= 11 is 3.64. The Kier molecular flexibility index (Phi) is 21.8. The van der Waals surface area contributed by atoms with Crippen LogP contribution in [0.3, 0.4) is 0 Å². The van der Waals surface area contributed by atoms with Crippen LogP contribution in [0.5, 0.6) is 0 Å². The van der Waals surface area contributed by atoms with E-state index >= 15 is 0 Å². The van der Waals surface area contributed by atoms with Gasteiger partial charge in [0, 0.05) is 73.0 Å². The molecule has 62 heavy (non-hydrogen) atoms. The van der Waals surface area contributed by atoms with Crippen LogP contribution in [0, 0.1) is 0 Å². The molecule has 2 aliphatic heterocycles. The molecule has 1 aromatic carbocycles. The van der Waals surface area contributed by atoms with Crippen LogP contribution < -0.4 is 10.2 Å². The molecule has 1 saturated heterocycles. The van der Waals surface area contributed by atoms with Gasteiger partial charge >= 0.3 is 0 Å². The lowest BCUT2D eigenvalue weighted by Gasteiger charge is -2.28. The number of hydrogen-bond acceptors (Lipinski definition) is 8. The quantitative estimate of drug-likeness (QED) is 0.0582. The summed E-state index contributed by atoms with van der Waals surface area (Å²) in [7, 11) is 0. The molecule has 0 aromatic heterocycles. The Morgan fingerprint density at radius 1 is 0.677 bits per heavy atom. The number of thioether (sulfide) groups is 2. The molecule has 342 valence electrons. The summed E-state index contributed by atoms with van der Waals surface area (Å²) in [6.07, 6.45) is 29.7. The number of aliphatic imine (C=N–C) groups is 1. The van der Waals surface area contributed by atoms with E-state index in [1.54, 1.807) is 0 Å². The third kappa shape index (κ3) is 14.4. The number of ketones is 1. The van der Waals surface area contributed by atoms with Crippen molar-refractivity contribution in [1.29, 1.82) is 0 Å². The maximum Gasteiger partial charge on any atom is 0.247 e. The number of likely N-dealkylation sites (N-methyl/N-ethyl adjacent to an activating group) is 2. The van der Waals surface area contributed by atoms with Crippen molar-refractivity contribution in [2.24, 2.45) is 4.99 Å². The van der Waals surface area contributed by atoms with Crippen LogP contribution >= 0.6 is 23.5 Å². The van der Waals surface area contributed by atoms with Crippen molar-refractivity contribution in [3.63, 3.8) is 0 Å². The molecule has 0 unspecified atom stereocenters. The molecular formula is C52H78N4O4S2. The maximum atomic E-state index is 14.4. The van der Waals surface area contributed by atoms with Gasteiger partial charge in [0.15, 0.2) is 0 Å². The molecule has 5 rings (SSSR count). The summed E-state index contributed by atoms with van der Waals surface area (Å²) in [6, 6.07) is 3.98. The summed E-state index contributed by atoms with van der Waals surface area (Å²) in [5, 5.41) is 15.0. The maximum absolute atomic E-state index is 14.4. The Balaban J connectivity index is 1.24. The first-order valence-corrected chi connectivity index (χ1v) is 27.0. The molecule has 2 heterocycles. The molecule has 1 aromatic rings. The summed E-state index contributed by atoms with van der Waals surface area (Å²) in [6.45, 7) is 12.2. The monoisotopic (exact) mass is 887 g/mol. The molecule has 1 fully saturated rings. The first kappa shape index (κ1) is 49.8. The topological polar surface area (TPSA) is 102 Å². The third-order valence-corrected chi connectivity index (χ3v) is 15.0. The highest BCUT2D eigenvalue weighted by Gasteiger charge is 2.41. The van der Waals surface area contributed by atoms with E-state index < -0.39 is 0 Å². The Labute approximate surface area is 383 Å². The normalized spacial score (nSPS) is 17.7. The number of nitrogens with zero attached hydrogens (tertiary/aromatic N) is 3. The Morgan fingerprint density at radius 3 is 1.82 bits per heavy atom. The number of carbonyl (C=O) groups excluding carboxylic acids is 3. The molecular weight excluding hydrogens is 809 g/mol. The van der Waals surface area contributed by atoms with Gasteiger partial charge in [0.2, 0.25) is 17.6 Å². The number of aliphatic hydroxyl groups excluding tert-OH is 1. The predicted octanol–water partition coefficient (Wildman–Crippen LogP) is 13.0. The Hall–Kier alpha value is -3.24. The zero-order valence-electron chi connectivity index (χ0n) is 38.9. The fourth-order valence-electron chi connectivity index (χ4n) is 9.12. The van der Waals surface area contributed by atoms with Gasteiger partial charge < -0.3 is 20.2 Å². The van der Waals surface area contributed by atoms with Gasteiger partial charge in [-0.3, -0.25) is 14.4 Å². The fraction of sp³-hybridized carbons (Fsp3) is 0.654. The highest BCUT2D eigenvalue weighted by molar-refractivity contribution is 7.99. The van der Waals surface area contributed by atoms with Crippen LogP contribution in [0.4, 0.5) is 11.4 Å². The van der Waals surface area contributed by atoms with Gasteiger partial charge in [0.05, 0.1) is 22.5 Å². The predicted molar refractivity (Wildman–Crippen MR) is 267 cm³/mol. The van der Waals surface area contributed by atoms with Gasteiger partial charge in [-0.2, -0.15) is 23.5 Å². The van der Waals surface area contributed by atoms with E-state index in [0.29, 0.717) is 41.1 Å². The number of allylic oxidation sites excluding steroid dienone is 6. The van der Waals surface area contributed by atoms with E-state index in [0.717, 1.165) is 78.8 Å². The number of aliphatic hydroxyl groups is 1. The standard InChI is InChI=1S/C52H78N4O4S2/c1-5-9-11-13-15-17-19-21-23-31-61-33-27-47(57)53-43-37-45-39(25-29-55(45)7-3)35-41(43)49-51(59)50(52(49)60)42-36-40-26-30-56(8-4)46(40)38-44(42)54-48(58)28-34-62-32-24-22-20-18-16-14-12-10-6-2/h35-38,59H,5-34H2,1-4H3,(H,53,57). The molecule has 0 saturated carbocycles. The van der Waals surface area contributed by atoms with Crippen LogP contribution in [0.2, 0.25) is 0 Å². The number of fused-ring (bicyclic) bond motifs is 2. The zero-order valence-corrected chi connectivity index (χ0v) is 40.5. The number of rotatable bonds is 30. The summed E-state index contributed by atoms with van der Waals surface area (Å²) in [4.78, 5) is 50.3. The number of likely N-dealkylation sites (tertiary alicyclic amines) is 1. The Morgan fingerprint density at radius 2 is 1.24 bits per heavy atom. The second kappa shape index (κ2) is 27.2. The first-order chi connectivity index (χ1) is 30.3. The third-order valence-electron chi connectivity index (χ3n) is 12.9. The van der Waals surface area contributed by atoms with E-state index in [1.165, 1.54) is 116 Å². The first-order valence-electron chi connectivity index (χ1n) is 24.7. The molecule has 2 aliphatic carbocycles. The van der Waals surface area contributed by atoms with E-state index in [4.69, 9.17) is 0 Å². The average molecular weight is 887 g/mol. The zero-order chi connectivity index (χ0) is 44.1. The molecule has 8 nitrogen and oxygen atoms in total. The molecule has 2 amide bonds. The lowest BCUT2D eigenvalue weighted by Crippen LogP contribution is -2.27. The number of benzene rings is 1. The minimum Gasteiger partial charge on any atom is -0.506 e. The van der Waals surface area contributed by atoms with Crippen molar-refractivity contribution in [1.82, 2.24) is 4.90 Å². The highest BCUT2D eigenvalue weighted by Crippen LogP contribution is 2.46. The SMILES string of the molecule is CCCCCCCCCCCSCCC(=O)N=C1C=C2C(=CC1=C1C(=O)C(c3cc4c(cc3NC(=O)CCSCCCCCCCCCCC)N(CC)CC4)=C1O)CCN2CC. The number of unbranched alkanes of at least 4 members (excludes halogenated alkanes) is 16. The van der Waals surface area contributed by atoms with E-state index in [1.807, 2.05) is 47.8 Å². The number of Topliss-reactive ketones (excluding diaryl/α,β-unsaturated/α-hetero) is 1. The number of carbonyl (C=O) groups is 3. The van der Waals surface area contributed by atoms with Crippen molar-refractivity contribution in [2.45, 2.75) is 169 Å². The highest BCUT2D eigenvalue weighted by atomic mass is 32.2.